The molecule has 0 bridgehead atoms. The number of nitrogens with one attached hydrogen (secondary N) is 2. The molecule has 1 aliphatic carbocycles. The maximum atomic E-state index is 14.9. The lowest BCUT2D eigenvalue weighted by atomic mass is 9.75. The van der Waals surface area contributed by atoms with Crippen molar-refractivity contribution in [3.05, 3.63) is 47.8 Å². The molecule has 3 N–H and O–H groups in total. The summed E-state index contributed by atoms with van der Waals surface area (Å²) in [7, 11) is -4.42. The van der Waals surface area contributed by atoms with Gasteiger partial charge in [-0.3, -0.25) is 14.4 Å². The van der Waals surface area contributed by atoms with Crippen molar-refractivity contribution in [1.82, 2.24) is 5.32 Å². The monoisotopic (exact) mass is 660 g/mol. The van der Waals surface area contributed by atoms with E-state index in [1.807, 2.05) is 0 Å². The van der Waals surface area contributed by atoms with Crippen LogP contribution in [-0.2, 0) is 24.2 Å². The van der Waals surface area contributed by atoms with Gasteiger partial charge in [-0.1, -0.05) is 6.07 Å². The van der Waals surface area contributed by atoms with Crippen molar-refractivity contribution in [2.45, 2.75) is 61.6 Å². The van der Waals surface area contributed by atoms with E-state index < -0.39 is 67.3 Å². The van der Waals surface area contributed by atoms with E-state index >= 15 is 0 Å². The molecule has 2 fully saturated rings. The van der Waals surface area contributed by atoms with Crippen LogP contribution in [0.3, 0.4) is 0 Å². The number of alkyl halides is 3. The van der Waals surface area contributed by atoms with Crippen molar-refractivity contribution < 1.29 is 59.7 Å². The Balaban J connectivity index is 1.48. The summed E-state index contributed by atoms with van der Waals surface area (Å²) < 4.78 is 93.9. The molecule has 1 saturated heterocycles. The third kappa shape index (κ3) is 7.49. The van der Waals surface area contributed by atoms with Gasteiger partial charge in [-0.05, 0) is 63.3 Å². The Kier molecular flexibility index (Phi) is 9.97. The van der Waals surface area contributed by atoms with Crippen LogP contribution >= 0.6 is 0 Å². The third-order valence-corrected chi connectivity index (χ3v) is 9.55. The smallest absolute Gasteiger partial charge is 0.496 e. The van der Waals surface area contributed by atoms with Gasteiger partial charge in [0, 0.05) is 24.4 Å². The van der Waals surface area contributed by atoms with Gasteiger partial charge in [-0.15, -0.1) is 0 Å². The predicted molar refractivity (Wildman–Crippen MR) is 150 cm³/mol. The molecule has 0 radical (unpaired) electrons. The summed E-state index contributed by atoms with van der Waals surface area (Å²) in [6.07, 6.45) is 1.06. The number of hydrogen-bond acceptors (Lipinski definition) is 8. The first kappa shape index (κ1) is 34.0. The summed E-state index contributed by atoms with van der Waals surface area (Å²) in [5.74, 6) is -4.58. The first-order chi connectivity index (χ1) is 21.1. The topological polar surface area (TPSA) is 157 Å². The molecular weight excluding hydrogens is 628 g/mol. The van der Waals surface area contributed by atoms with E-state index in [0.29, 0.717) is 31.7 Å². The molecule has 1 aliphatic heterocycles. The van der Waals surface area contributed by atoms with Gasteiger partial charge in [0.2, 0.25) is 5.91 Å². The van der Waals surface area contributed by atoms with Gasteiger partial charge in [-0.2, -0.15) is 13.2 Å². The summed E-state index contributed by atoms with van der Waals surface area (Å²) in [4.78, 5) is 37.0. The second-order valence-electron chi connectivity index (χ2n) is 11.2. The largest absolute Gasteiger partial charge is 0.501 e. The number of sulfone groups is 1. The van der Waals surface area contributed by atoms with Crippen molar-refractivity contribution in [1.29, 1.82) is 0 Å². The van der Waals surface area contributed by atoms with Crippen molar-refractivity contribution >= 4 is 33.3 Å². The quantitative estimate of drug-likeness (QED) is 0.334. The van der Waals surface area contributed by atoms with Crippen molar-refractivity contribution in [3.8, 4) is 11.5 Å². The van der Waals surface area contributed by atoms with Gasteiger partial charge in [0.15, 0.2) is 11.6 Å². The lowest BCUT2D eigenvalue weighted by molar-refractivity contribution is -0.150. The van der Waals surface area contributed by atoms with E-state index in [-0.39, 0.29) is 42.4 Å². The SMILES string of the molecule is COc1cc(F)c(OC2CCC(C)(C(=O)O)CC2)cc1C(=O)N[C@H]1CCOC[C@H]1C(=O)Nc1cccc(S(=O)(=O)C(F)(F)F)c1. The molecule has 246 valence electrons. The summed E-state index contributed by atoms with van der Waals surface area (Å²) in [5.41, 5.74) is -6.75. The second kappa shape index (κ2) is 13.2. The molecule has 4 rings (SSSR count). The number of carbonyl (C=O) groups is 3. The number of carboxylic acid groups (broad SMARTS) is 1. The Morgan fingerprint density at radius 1 is 1.07 bits per heavy atom. The molecular formula is C29H32F4N2O9S. The van der Waals surface area contributed by atoms with Crippen molar-refractivity contribution in [3.63, 3.8) is 0 Å². The standard InChI is InChI=1S/C29H32F4N2O9S/c1-28(27(38)39)9-6-17(7-10-28)44-24-13-19(23(42-2)14-21(24)30)25(36)35-22-8-11-43-15-20(22)26(37)34-16-4-3-5-18(12-16)45(40,41)29(31,32)33/h3-5,12-14,17,20,22H,6-11,15H2,1-2H3,(H,34,37)(H,35,36)(H,38,39)/t17?,20-,22+,28?/m1/s1. The van der Waals surface area contributed by atoms with Crippen LogP contribution in [0.4, 0.5) is 23.2 Å². The molecule has 0 spiro atoms. The van der Waals surface area contributed by atoms with E-state index in [9.17, 15) is 45.5 Å². The Hall–Kier alpha value is -3.92. The van der Waals surface area contributed by atoms with E-state index in [0.717, 1.165) is 24.3 Å². The molecule has 1 saturated carbocycles. The number of methoxy groups -OCH3 is 1. The molecule has 2 atom stereocenters. The maximum Gasteiger partial charge on any atom is 0.501 e. The first-order valence-corrected chi connectivity index (χ1v) is 15.4. The summed E-state index contributed by atoms with van der Waals surface area (Å²) >= 11 is 0. The minimum atomic E-state index is -5.65. The maximum absolute atomic E-state index is 14.9. The molecule has 11 nitrogen and oxygen atoms in total. The Bertz CT molecular complexity index is 1560. The summed E-state index contributed by atoms with van der Waals surface area (Å²) in [5, 5.41) is 14.5. The minimum absolute atomic E-state index is 0.101. The normalized spacial score (nSPS) is 23.9. The Morgan fingerprint density at radius 2 is 1.76 bits per heavy atom. The van der Waals surface area contributed by atoms with E-state index in [4.69, 9.17) is 14.2 Å². The zero-order valence-corrected chi connectivity index (χ0v) is 25.1. The first-order valence-electron chi connectivity index (χ1n) is 13.9. The lowest BCUT2D eigenvalue weighted by Gasteiger charge is -2.34. The molecule has 2 aromatic carbocycles. The van der Waals surface area contributed by atoms with Gasteiger partial charge in [-0.25, -0.2) is 12.8 Å². The van der Waals surface area contributed by atoms with Crippen molar-refractivity contribution in [2.75, 3.05) is 25.6 Å². The molecule has 16 heteroatoms. The van der Waals surface area contributed by atoms with Crippen LogP contribution in [0.1, 0.15) is 49.4 Å². The van der Waals surface area contributed by atoms with Gasteiger partial charge in [0.1, 0.15) is 5.75 Å². The van der Waals surface area contributed by atoms with E-state index in [2.05, 4.69) is 10.6 Å². The van der Waals surface area contributed by atoms with Gasteiger partial charge >= 0.3 is 11.5 Å². The molecule has 2 aromatic rings. The van der Waals surface area contributed by atoms with Crippen LogP contribution in [0.2, 0.25) is 0 Å². The van der Waals surface area contributed by atoms with Crippen LogP contribution in [0.25, 0.3) is 0 Å². The molecule has 0 unspecified atom stereocenters. The molecule has 0 aromatic heterocycles. The number of hydrogen-bond donors (Lipinski definition) is 3. The fraction of sp³-hybridized carbons (Fsp3) is 0.483. The number of benzene rings is 2. The number of carbonyl (C=O) groups excluding carboxylic acids is 2. The molecule has 1 heterocycles. The van der Waals surface area contributed by atoms with Gasteiger partial charge < -0.3 is 30.0 Å². The van der Waals surface area contributed by atoms with Crippen LogP contribution in [-0.4, -0.2) is 69.3 Å². The van der Waals surface area contributed by atoms with Gasteiger partial charge in [0.25, 0.3) is 15.7 Å². The Labute approximate surface area is 256 Å². The summed E-state index contributed by atoms with van der Waals surface area (Å²) in [6, 6.07) is 4.99. The van der Waals surface area contributed by atoms with Crippen LogP contribution < -0.4 is 20.1 Å². The number of ether oxygens (including phenoxy) is 3. The highest BCUT2D eigenvalue weighted by Crippen LogP contribution is 2.39. The predicted octanol–water partition coefficient (Wildman–Crippen LogP) is 4.31. The van der Waals surface area contributed by atoms with Crippen LogP contribution in [0.5, 0.6) is 11.5 Å². The molecule has 45 heavy (non-hydrogen) atoms. The fourth-order valence-corrected chi connectivity index (χ4v) is 6.04. The lowest BCUT2D eigenvalue weighted by Crippen LogP contribution is -2.50. The highest BCUT2D eigenvalue weighted by atomic mass is 32.2. The highest BCUT2D eigenvalue weighted by molar-refractivity contribution is 7.92. The average molecular weight is 661 g/mol. The number of amides is 2. The number of halogens is 4. The average Bonchev–Trinajstić information content (AvgIpc) is 2.98. The highest BCUT2D eigenvalue weighted by Gasteiger charge is 2.47. The molecule has 2 amide bonds. The van der Waals surface area contributed by atoms with Crippen LogP contribution in [0.15, 0.2) is 41.3 Å². The van der Waals surface area contributed by atoms with Crippen molar-refractivity contribution in [2.24, 2.45) is 11.3 Å². The fourth-order valence-electron chi connectivity index (χ4n) is 5.24. The zero-order valence-electron chi connectivity index (χ0n) is 24.3. The number of carboxylic acids is 1. The number of anilines is 1. The Morgan fingerprint density at radius 3 is 2.38 bits per heavy atom. The van der Waals surface area contributed by atoms with Crippen LogP contribution in [0, 0.1) is 17.2 Å². The minimum Gasteiger partial charge on any atom is -0.496 e. The third-order valence-electron chi connectivity index (χ3n) is 8.07. The van der Waals surface area contributed by atoms with E-state index in [1.54, 1.807) is 6.92 Å². The van der Waals surface area contributed by atoms with Gasteiger partial charge in [0.05, 0.1) is 41.6 Å². The molecule has 2 aliphatic rings. The number of aliphatic carboxylic acids is 1. The summed E-state index contributed by atoms with van der Waals surface area (Å²) in [6.45, 7) is 1.64. The zero-order chi connectivity index (χ0) is 33.2. The second-order valence-corrected chi connectivity index (χ2v) is 13.1. The number of rotatable bonds is 9. The van der Waals surface area contributed by atoms with E-state index in [1.165, 1.54) is 13.2 Å².